The van der Waals surface area contributed by atoms with E-state index in [4.69, 9.17) is 10.00 Å². The van der Waals surface area contributed by atoms with Crippen molar-refractivity contribution < 1.29 is 9.53 Å². The number of benzene rings is 1. The lowest BCUT2D eigenvalue weighted by atomic mass is 10.3. The Hall–Kier alpha value is -1.93. The monoisotopic (exact) mass is 262 g/mol. The van der Waals surface area contributed by atoms with Crippen LogP contribution in [-0.4, -0.2) is 18.8 Å². The van der Waals surface area contributed by atoms with E-state index in [0.29, 0.717) is 0 Å². The van der Waals surface area contributed by atoms with Gasteiger partial charge in [-0.3, -0.25) is 0 Å². The zero-order chi connectivity index (χ0) is 13.4. The molecule has 1 rings (SSSR count). The first-order valence-electron chi connectivity index (χ1n) is 5.39. The molecule has 18 heavy (non-hydrogen) atoms. The lowest BCUT2D eigenvalue weighted by Crippen LogP contribution is -2.07. The van der Waals surface area contributed by atoms with Gasteiger partial charge in [-0.15, -0.1) is 11.8 Å². The van der Waals surface area contributed by atoms with Gasteiger partial charge < -0.3 is 10.1 Å². The standard InChI is InChI=1S/C13H14N2O2S/c1-3-17-13(16)10(8-14)9-15-11-5-4-6-12(7-11)18-2/h4-7,9,15H,3H2,1-2H3/b10-9+. The van der Waals surface area contributed by atoms with Crippen molar-refractivity contribution in [3.63, 3.8) is 0 Å². The molecule has 1 N–H and O–H groups in total. The molecule has 0 radical (unpaired) electrons. The molecule has 0 fully saturated rings. The maximum absolute atomic E-state index is 11.4. The number of carbonyl (C=O) groups is 1. The van der Waals surface area contributed by atoms with Gasteiger partial charge in [0, 0.05) is 16.8 Å². The molecule has 5 heteroatoms. The van der Waals surface area contributed by atoms with E-state index in [0.717, 1.165) is 10.6 Å². The lowest BCUT2D eigenvalue weighted by Gasteiger charge is -2.04. The molecular weight excluding hydrogens is 248 g/mol. The van der Waals surface area contributed by atoms with Crippen LogP contribution < -0.4 is 5.32 Å². The van der Waals surface area contributed by atoms with Gasteiger partial charge in [-0.2, -0.15) is 5.26 Å². The van der Waals surface area contributed by atoms with Gasteiger partial charge in [0.25, 0.3) is 0 Å². The molecule has 0 atom stereocenters. The highest BCUT2D eigenvalue weighted by atomic mass is 32.2. The van der Waals surface area contributed by atoms with E-state index >= 15 is 0 Å². The van der Waals surface area contributed by atoms with Crippen molar-refractivity contribution in [2.24, 2.45) is 0 Å². The minimum atomic E-state index is -0.617. The van der Waals surface area contributed by atoms with E-state index in [1.807, 2.05) is 30.5 Å². The summed E-state index contributed by atoms with van der Waals surface area (Å²) in [6.07, 6.45) is 3.34. The Labute approximate surface area is 111 Å². The Morgan fingerprint density at radius 1 is 1.61 bits per heavy atom. The summed E-state index contributed by atoms with van der Waals surface area (Å²) in [6, 6.07) is 9.48. The van der Waals surface area contributed by atoms with Gasteiger partial charge in [0.05, 0.1) is 6.61 Å². The van der Waals surface area contributed by atoms with Gasteiger partial charge in [0.1, 0.15) is 6.07 Å². The highest BCUT2D eigenvalue weighted by molar-refractivity contribution is 7.98. The first-order chi connectivity index (χ1) is 8.71. The molecule has 0 aliphatic rings. The number of ether oxygens (including phenoxy) is 1. The summed E-state index contributed by atoms with van der Waals surface area (Å²) in [7, 11) is 0. The molecule has 1 aromatic rings. The number of hydrogen-bond acceptors (Lipinski definition) is 5. The molecule has 0 saturated heterocycles. The van der Waals surface area contributed by atoms with Crippen molar-refractivity contribution in [3.8, 4) is 6.07 Å². The first-order valence-corrected chi connectivity index (χ1v) is 6.61. The summed E-state index contributed by atoms with van der Waals surface area (Å²) in [6.45, 7) is 1.95. The molecule has 1 aromatic carbocycles. The van der Waals surface area contributed by atoms with Crippen molar-refractivity contribution in [3.05, 3.63) is 36.0 Å². The van der Waals surface area contributed by atoms with Crippen molar-refractivity contribution >= 4 is 23.4 Å². The smallest absolute Gasteiger partial charge is 0.350 e. The maximum Gasteiger partial charge on any atom is 0.350 e. The second-order valence-corrected chi connectivity index (χ2v) is 4.15. The van der Waals surface area contributed by atoms with Crippen LogP contribution in [0.1, 0.15) is 6.92 Å². The Morgan fingerprint density at radius 3 is 3.00 bits per heavy atom. The quantitative estimate of drug-likeness (QED) is 0.382. The van der Waals surface area contributed by atoms with Crippen molar-refractivity contribution in [1.29, 1.82) is 5.26 Å². The normalized spacial score (nSPS) is 10.6. The number of nitriles is 1. The number of nitrogens with one attached hydrogen (secondary N) is 1. The average molecular weight is 262 g/mol. The van der Waals surface area contributed by atoms with Crippen LogP contribution in [0.3, 0.4) is 0 Å². The van der Waals surface area contributed by atoms with Crippen LogP contribution >= 0.6 is 11.8 Å². The minimum Gasteiger partial charge on any atom is -0.462 e. The number of carbonyl (C=O) groups excluding carboxylic acids is 1. The molecule has 94 valence electrons. The molecule has 0 amide bonds. The minimum absolute atomic E-state index is 0.0496. The third kappa shape index (κ3) is 4.15. The largest absolute Gasteiger partial charge is 0.462 e. The maximum atomic E-state index is 11.4. The van der Waals surface area contributed by atoms with E-state index in [-0.39, 0.29) is 12.2 Å². The summed E-state index contributed by atoms with van der Waals surface area (Å²) >= 11 is 1.62. The Kier molecular flexibility index (Phi) is 5.81. The fourth-order valence-electron chi connectivity index (χ4n) is 1.21. The molecule has 0 saturated carbocycles. The molecule has 0 heterocycles. The molecule has 0 aliphatic heterocycles. The lowest BCUT2D eigenvalue weighted by molar-refractivity contribution is -0.138. The molecular formula is C13H14N2O2S. The van der Waals surface area contributed by atoms with Crippen LogP contribution in [-0.2, 0) is 9.53 Å². The Balaban J connectivity index is 2.77. The van der Waals surface area contributed by atoms with Gasteiger partial charge in [-0.25, -0.2) is 4.79 Å². The zero-order valence-corrected chi connectivity index (χ0v) is 11.1. The zero-order valence-electron chi connectivity index (χ0n) is 10.3. The second-order valence-electron chi connectivity index (χ2n) is 3.27. The van der Waals surface area contributed by atoms with E-state index in [1.54, 1.807) is 24.8 Å². The van der Waals surface area contributed by atoms with Crippen LogP contribution in [0.2, 0.25) is 0 Å². The number of anilines is 1. The number of rotatable bonds is 5. The molecule has 0 unspecified atom stereocenters. The van der Waals surface area contributed by atoms with Gasteiger partial charge in [-0.1, -0.05) is 6.07 Å². The summed E-state index contributed by atoms with van der Waals surface area (Å²) in [4.78, 5) is 12.5. The van der Waals surface area contributed by atoms with Crippen LogP contribution in [0.15, 0.2) is 40.9 Å². The fourth-order valence-corrected chi connectivity index (χ4v) is 1.67. The van der Waals surface area contributed by atoms with E-state index in [1.165, 1.54) is 6.20 Å². The van der Waals surface area contributed by atoms with E-state index in [2.05, 4.69) is 5.32 Å². The van der Waals surface area contributed by atoms with E-state index in [9.17, 15) is 4.79 Å². The average Bonchev–Trinajstić information content (AvgIpc) is 2.40. The van der Waals surface area contributed by atoms with Gasteiger partial charge in [0.2, 0.25) is 0 Å². The van der Waals surface area contributed by atoms with Gasteiger partial charge in [-0.05, 0) is 31.4 Å². The molecule has 0 bridgehead atoms. The third-order valence-corrected chi connectivity index (χ3v) is 2.79. The SMILES string of the molecule is CCOC(=O)/C(C#N)=C/Nc1cccc(SC)c1. The van der Waals surface area contributed by atoms with Crippen LogP contribution in [0.4, 0.5) is 5.69 Å². The molecule has 0 aromatic heterocycles. The van der Waals surface area contributed by atoms with Crippen LogP contribution in [0.5, 0.6) is 0 Å². The predicted molar refractivity (Wildman–Crippen MR) is 72.2 cm³/mol. The van der Waals surface area contributed by atoms with Crippen molar-refractivity contribution in [2.75, 3.05) is 18.2 Å². The number of nitrogens with zero attached hydrogens (tertiary/aromatic N) is 1. The Bertz CT molecular complexity index is 492. The number of thioether (sulfide) groups is 1. The predicted octanol–water partition coefficient (Wildman–Crippen LogP) is 2.79. The summed E-state index contributed by atoms with van der Waals surface area (Å²) < 4.78 is 4.75. The highest BCUT2D eigenvalue weighted by Gasteiger charge is 2.08. The van der Waals surface area contributed by atoms with Crippen molar-refractivity contribution in [1.82, 2.24) is 0 Å². The fraction of sp³-hybridized carbons (Fsp3) is 0.231. The van der Waals surface area contributed by atoms with Gasteiger partial charge in [0.15, 0.2) is 5.57 Å². The van der Waals surface area contributed by atoms with Crippen molar-refractivity contribution in [2.45, 2.75) is 11.8 Å². The number of esters is 1. The van der Waals surface area contributed by atoms with E-state index < -0.39 is 5.97 Å². The van der Waals surface area contributed by atoms with Crippen LogP contribution in [0.25, 0.3) is 0 Å². The topological polar surface area (TPSA) is 62.1 Å². The summed E-state index contributed by atoms with van der Waals surface area (Å²) in [5.41, 5.74) is 0.769. The third-order valence-electron chi connectivity index (χ3n) is 2.07. The summed E-state index contributed by atoms with van der Waals surface area (Å²) in [5.74, 6) is -0.617. The van der Waals surface area contributed by atoms with Gasteiger partial charge >= 0.3 is 5.97 Å². The molecule has 0 aliphatic carbocycles. The van der Waals surface area contributed by atoms with Crippen LogP contribution in [0, 0.1) is 11.3 Å². The Morgan fingerprint density at radius 2 is 2.39 bits per heavy atom. The molecule has 0 spiro atoms. The molecule has 4 nitrogen and oxygen atoms in total. The number of hydrogen-bond donors (Lipinski definition) is 1. The summed E-state index contributed by atoms with van der Waals surface area (Å²) in [5, 5.41) is 11.7. The highest BCUT2D eigenvalue weighted by Crippen LogP contribution is 2.19. The second kappa shape index (κ2) is 7.41. The first kappa shape index (κ1) is 14.1.